The van der Waals surface area contributed by atoms with Crippen molar-refractivity contribution in [2.24, 2.45) is 0 Å². The SMILES string of the molecule is CNC(=O)c1ccc(-c2ccc(C(C)(C)C(=O)N3CC[C@@]4(C3)OC(=O)c3cnccc34)c(F)c2)cn1. The normalized spacial score (nSPS) is 18.8. The molecule has 5 rings (SSSR count). The maximum atomic E-state index is 15.4. The first-order valence-electron chi connectivity index (χ1n) is 11.6. The molecule has 2 aliphatic rings. The minimum Gasteiger partial charge on any atom is -0.449 e. The zero-order valence-corrected chi connectivity index (χ0v) is 20.2. The molecule has 0 aliphatic carbocycles. The third-order valence-electron chi connectivity index (χ3n) is 7.07. The Morgan fingerprint density at radius 3 is 2.61 bits per heavy atom. The Balaban J connectivity index is 1.37. The van der Waals surface area contributed by atoms with Gasteiger partial charge in [-0.05, 0) is 37.6 Å². The Labute approximate surface area is 207 Å². The van der Waals surface area contributed by atoms with Crippen LogP contribution in [0.25, 0.3) is 11.1 Å². The van der Waals surface area contributed by atoms with Gasteiger partial charge in [-0.3, -0.25) is 19.6 Å². The summed E-state index contributed by atoms with van der Waals surface area (Å²) >= 11 is 0. The van der Waals surface area contributed by atoms with Gasteiger partial charge < -0.3 is 15.0 Å². The molecule has 1 atom stereocenters. The molecule has 1 aromatic carbocycles. The number of hydrogen-bond donors (Lipinski definition) is 1. The number of amides is 2. The Morgan fingerprint density at radius 2 is 1.92 bits per heavy atom. The van der Waals surface area contributed by atoms with E-state index in [0.717, 1.165) is 5.56 Å². The maximum Gasteiger partial charge on any atom is 0.341 e. The number of carbonyl (C=O) groups excluding carboxylic acids is 3. The number of nitrogens with one attached hydrogen (secondary N) is 1. The number of rotatable bonds is 4. The average molecular weight is 489 g/mol. The van der Waals surface area contributed by atoms with Gasteiger partial charge >= 0.3 is 5.97 Å². The molecular weight excluding hydrogens is 463 g/mol. The van der Waals surface area contributed by atoms with Gasteiger partial charge in [0.25, 0.3) is 5.91 Å². The van der Waals surface area contributed by atoms with E-state index < -0.39 is 22.8 Å². The molecule has 2 aliphatic heterocycles. The summed E-state index contributed by atoms with van der Waals surface area (Å²) in [6.07, 6.45) is 5.07. The number of fused-ring (bicyclic) bond motifs is 2. The Hall–Kier alpha value is -4.14. The zero-order valence-electron chi connectivity index (χ0n) is 20.2. The van der Waals surface area contributed by atoms with Gasteiger partial charge in [0.05, 0.1) is 17.5 Å². The molecule has 184 valence electrons. The van der Waals surface area contributed by atoms with E-state index in [1.54, 1.807) is 55.3 Å². The highest BCUT2D eigenvalue weighted by Gasteiger charge is 2.52. The standard InChI is InChI=1S/C27H25FN4O4/c1-26(2,20-6-4-16(12-21(20)28)17-5-7-22(31-13-17)23(33)29-3)25(35)32-11-9-27(15-32)19-8-10-30-14-18(19)24(34)36-27/h4-8,10,12-14H,9,11,15H2,1-3H3,(H,29,33)/t27-/m0/s1. The van der Waals surface area contributed by atoms with Crippen LogP contribution in [0.1, 0.15) is 52.2 Å². The smallest absolute Gasteiger partial charge is 0.341 e. The molecule has 9 heteroatoms. The predicted molar refractivity (Wildman–Crippen MR) is 129 cm³/mol. The highest BCUT2D eigenvalue weighted by Crippen LogP contribution is 2.44. The summed E-state index contributed by atoms with van der Waals surface area (Å²) in [5.41, 5.74) is 0.873. The van der Waals surface area contributed by atoms with Gasteiger partial charge in [0.1, 0.15) is 11.5 Å². The van der Waals surface area contributed by atoms with Crippen LogP contribution in [0.2, 0.25) is 0 Å². The lowest BCUT2D eigenvalue weighted by molar-refractivity contribution is -0.136. The van der Waals surface area contributed by atoms with E-state index in [-0.39, 0.29) is 29.6 Å². The second kappa shape index (κ2) is 8.51. The molecule has 1 N–H and O–H groups in total. The van der Waals surface area contributed by atoms with Gasteiger partial charge in [0.15, 0.2) is 5.60 Å². The molecule has 3 aromatic rings. The third-order valence-corrected chi connectivity index (χ3v) is 7.07. The lowest BCUT2D eigenvalue weighted by Crippen LogP contribution is -2.44. The number of ether oxygens (including phenoxy) is 1. The van der Waals surface area contributed by atoms with Crippen LogP contribution in [0, 0.1) is 5.82 Å². The van der Waals surface area contributed by atoms with Crippen molar-refractivity contribution < 1.29 is 23.5 Å². The fourth-order valence-corrected chi connectivity index (χ4v) is 5.04. The van der Waals surface area contributed by atoms with Crippen molar-refractivity contribution in [1.29, 1.82) is 0 Å². The first kappa shape index (κ1) is 23.6. The van der Waals surface area contributed by atoms with E-state index in [1.165, 1.54) is 25.5 Å². The van der Waals surface area contributed by atoms with Crippen molar-refractivity contribution in [3.05, 3.63) is 83.2 Å². The molecule has 0 saturated carbocycles. The van der Waals surface area contributed by atoms with Gasteiger partial charge in [-0.25, -0.2) is 9.18 Å². The van der Waals surface area contributed by atoms with Crippen LogP contribution < -0.4 is 5.32 Å². The molecule has 36 heavy (non-hydrogen) atoms. The fraction of sp³-hybridized carbons (Fsp3) is 0.296. The first-order valence-corrected chi connectivity index (χ1v) is 11.6. The van der Waals surface area contributed by atoms with Crippen molar-refractivity contribution in [2.45, 2.75) is 31.3 Å². The molecule has 2 aromatic heterocycles. The van der Waals surface area contributed by atoms with Gasteiger partial charge in [0, 0.05) is 55.3 Å². The molecular formula is C27H25FN4O4. The highest BCUT2D eigenvalue weighted by atomic mass is 19.1. The number of likely N-dealkylation sites (tertiary alicyclic amines) is 1. The molecule has 0 unspecified atom stereocenters. The molecule has 0 radical (unpaired) electrons. The lowest BCUT2D eigenvalue weighted by Gasteiger charge is -2.31. The minimum absolute atomic E-state index is 0.209. The van der Waals surface area contributed by atoms with Crippen molar-refractivity contribution in [3.63, 3.8) is 0 Å². The summed E-state index contributed by atoms with van der Waals surface area (Å²) in [7, 11) is 1.52. The van der Waals surface area contributed by atoms with E-state index in [4.69, 9.17) is 4.74 Å². The van der Waals surface area contributed by atoms with E-state index in [0.29, 0.717) is 29.7 Å². The van der Waals surface area contributed by atoms with Crippen LogP contribution in [-0.4, -0.2) is 52.8 Å². The highest BCUT2D eigenvalue weighted by molar-refractivity contribution is 5.95. The summed E-state index contributed by atoms with van der Waals surface area (Å²) in [6, 6.07) is 9.74. The first-order chi connectivity index (χ1) is 17.2. The van der Waals surface area contributed by atoms with Crippen LogP contribution in [0.3, 0.4) is 0 Å². The summed E-state index contributed by atoms with van der Waals surface area (Å²) in [5.74, 6) is -1.51. The maximum absolute atomic E-state index is 15.4. The van der Waals surface area contributed by atoms with Crippen molar-refractivity contribution in [2.75, 3.05) is 20.1 Å². The van der Waals surface area contributed by atoms with Gasteiger partial charge in [-0.2, -0.15) is 0 Å². The minimum atomic E-state index is -1.15. The van der Waals surface area contributed by atoms with E-state index in [2.05, 4.69) is 15.3 Å². The van der Waals surface area contributed by atoms with Gasteiger partial charge in [-0.15, -0.1) is 0 Å². The Morgan fingerprint density at radius 1 is 1.14 bits per heavy atom. The molecule has 4 heterocycles. The largest absolute Gasteiger partial charge is 0.449 e. The molecule has 0 bridgehead atoms. The van der Waals surface area contributed by atoms with Crippen LogP contribution in [0.15, 0.2) is 55.0 Å². The summed E-state index contributed by atoms with van der Waals surface area (Å²) < 4.78 is 21.1. The number of halogens is 1. The lowest BCUT2D eigenvalue weighted by atomic mass is 9.82. The van der Waals surface area contributed by atoms with E-state index >= 15 is 4.39 Å². The fourth-order valence-electron chi connectivity index (χ4n) is 5.04. The number of pyridine rings is 2. The van der Waals surface area contributed by atoms with E-state index in [1.807, 2.05) is 0 Å². The summed E-state index contributed by atoms with van der Waals surface area (Å²) in [4.78, 5) is 47.4. The van der Waals surface area contributed by atoms with E-state index in [9.17, 15) is 14.4 Å². The molecule has 1 saturated heterocycles. The van der Waals surface area contributed by atoms with Crippen LogP contribution in [0.4, 0.5) is 4.39 Å². The van der Waals surface area contributed by atoms with Crippen LogP contribution in [-0.2, 0) is 20.5 Å². The Kier molecular flexibility index (Phi) is 5.58. The second-order valence-corrected chi connectivity index (χ2v) is 9.61. The Bertz CT molecular complexity index is 1390. The monoisotopic (exact) mass is 488 g/mol. The van der Waals surface area contributed by atoms with Crippen LogP contribution >= 0.6 is 0 Å². The molecule has 1 fully saturated rings. The number of benzene rings is 1. The number of aromatic nitrogens is 2. The summed E-state index contributed by atoms with van der Waals surface area (Å²) in [5, 5.41) is 2.51. The van der Waals surface area contributed by atoms with Crippen molar-refractivity contribution in [1.82, 2.24) is 20.2 Å². The van der Waals surface area contributed by atoms with Crippen LogP contribution in [0.5, 0.6) is 0 Å². The third kappa shape index (κ3) is 3.71. The van der Waals surface area contributed by atoms with Crippen molar-refractivity contribution >= 4 is 17.8 Å². The predicted octanol–water partition coefficient (Wildman–Crippen LogP) is 3.22. The number of esters is 1. The van der Waals surface area contributed by atoms with Gasteiger partial charge in [0.2, 0.25) is 5.91 Å². The average Bonchev–Trinajstić information content (AvgIpc) is 3.43. The summed E-state index contributed by atoms with van der Waals surface area (Å²) in [6.45, 7) is 3.98. The molecule has 2 amide bonds. The number of carbonyl (C=O) groups is 3. The quantitative estimate of drug-likeness (QED) is 0.566. The van der Waals surface area contributed by atoms with Crippen molar-refractivity contribution in [3.8, 4) is 11.1 Å². The second-order valence-electron chi connectivity index (χ2n) is 9.61. The van der Waals surface area contributed by atoms with Gasteiger partial charge in [-0.1, -0.05) is 18.2 Å². The molecule has 8 nitrogen and oxygen atoms in total. The number of nitrogens with zero attached hydrogens (tertiary/aromatic N) is 3. The molecule has 1 spiro atoms. The topological polar surface area (TPSA) is 101 Å². The number of hydrogen-bond acceptors (Lipinski definition) is 6. The zero-order chi connectivity index (χ0) is 25.7.